The van der Waals surface area contributed by atoms with Gasteiger partial charge < -0.3 is 24.2 Å². The number of ether oxygens (including phenoxy) is 2. The summed E-state index contributed by atoms with van der Waals surface area (Å²) in [6.07, 6.45) is 32.2. The van der Waals surface area contributed by atoms with Crippen molar-refractivity contribution in [2.45, 2.75) is 156 Å². The van der Waals surface area contributed by atoms with Crippen LogP contribution in [0.3, 0.4) is 0 Å². The second kappa shape index (κ2) is 50.9. The smallest absolute Gasteiger partial charge is 0.466 e. The molecule has 0 fully saturated rings. The number of hydrogen-bond acceptors (Lipinski definition) is 13. The summed E-state index contributed by atoms with van der Waals surface area (Å²) >= 11 is 0. The zero-order valence-electron chi connectivity index (χ0n) is 31.8. The van der Waals surface area contributed by atoms with Gasteiger partial charge in [0, 0.05) is 0 Å². The van der Waals surface area contributed by atoms with Crippen molar-refractivity contribution in [1.82, 2.24) is 0 Å². The van der Waals surface area contributed by atoms with Crippen molar-refractivity contribution in [3.8, 4) is 0 Å². The number of hydrogen-bond donors (Lipinski definition) is 3. The standard InChI is InChI=1S/2C17H34O6.H3O4P/c2*1-3-5-6-7-8-9-10-11-12-13-15-19-21-23-22-20-17-16-18-14-4-2;1-5(2,3)4/h2*4,14H,3,5-13,15-17H2,1-2H3;(H3,1,2,3,4). The van der Waals surface area contributed by atoms with Crippen LogP contribution in [0.4, 0.5) is 0 Å². The maximum atomic E-state index is 8.88. The molecule has 0 aromatic carbocycles. The molecule has 0 radical (unpaired) electrons. The first-order chi connectivity index (χ1) is 24.8. The van der Waals surface area contributed by atoms with Gasteiger partial charge in [-0.15, -0.1) is 0 Å². The van der Waals surface area contributed by atoms with E-state index in [-0.39, 0.29) is 13.2 Å². The van der Waals surface area contributed by atoms with Crippen LogP contribution in [0.25, 0.3) is 0 Å². The Hall–Kier alpha value is -1.21. The second-order valence-corrected chi connectivity index (χ2v) is 12.3. The Morgan fingerprint density at radius 1 is 0.392 bits per heavy atom. The van der Waals surface area contributed by atoms with Crippen LogP contribution >= 0.6 is 7.82 Å². The fraction of sp³-hybridized carbons (Fsp3) is 0.882. The predicted molar refractivity (Wildman–Crippen MR) is 190 cm³/mol. The Labute approximate surface area is 306 Å². The Morgan fingerprint density at radius 3 is 0.922 bits per heavy atom. The van der Waals surface area contributed by atoms with Crippen LogP contribution in [0, 0.1) is 0 Å². The molecule has 0 heterocycles. The number of rotatable bonds is 38. The molecule has 3 N–H and O–H groups in total. The number of unbranched alkanes of at least 4 members (excludes halogenated alkanes) is 18. The summed E-state index contributed by atoms with van der Waals surface area (Å²) in [5.74, 6) is 0. The fourth-order valence-electron chi connectivity index (χ4n) is 4.03. The van der Waals surface area contributed by atoms with Crippen LogP contribution in [0.2, 0.25) is 0 Å². The van der Waals surface area contributed by atoms with E-state index in [1.807, 2.05) is 13.8 Å². The van der Waals surface area contributed by atoms with E-state index < -0.39 is 7.82 Å². The van der Waals surface area contributed by atoms with Gasteiger partial charge in [-0.25, -0.2) is 24.1 Å². The summed E-state index contributed by atoms with van der Waals surface area (Å²) < 4.78 is 18.9. The molecule has 0 aliphatic carbocycles. The number of allylic oxidation sites excluding steroid dienone is 2. The molecule has 0 rings (SSSR count). The predicted octanol–water partition coefficient (Wildman–Crippen LogP) is 9.47. The second-order valence-electron chi connectivity index (χ2n) is 11.3. The Morgan fingerprint density at radius 2 is 0.647 bits per heavy atom. The highest BCUT2D eigenvalue weighted by Crippen LogP contribution is 2.25. The quantitative estimate of drug-likeness (QED) is 0.0177. The molecule has 0 saturated carbocycles. The zero-order chi connectivity index (χ0) is 38.2. The lowest BCUT2D eigenvalue weighted by atomic mass is 10.1. The molecule has 0 spiro atoms. The van der Waals surface area contributed by atoms with Gasteiger partial charge in [0.05, 0.1) is 25.7 Å². The van der Waals surface area contributed by atoms with E-state index in [0.29, 0.717) is 26.4 Å². The third kappa shape index (κ3) is 71.0. The fourth-order valence-corrected chi connectivity index (χ4v) is 4.03. The molecule has 0 unspecified atom stereocenters. The van der Waals surface area contributed by atoms with Gasteiger partial charge in [0.25, 0.3) is 0 Å². The van der Waals surface area contributed by atoms with Crippen molar-refractivity contribution in [2.75, 3.05) is 39.6 Å². The van der Waals surface area contributed by atoms with E-state index in [1.54, 1.807) is 24.7 Å². The van der Waals surface area contributed by atoms with Gasteiger partial charge in [-0.2, -0.15) is 0 Å². The van der Waals surface area contributed by atoms with Crippen LogP contribution in [0.5, 0.6) is 0 Å². The maximum Gasteiger partial charge on any atom is 0.466 e. The molecule has 0 bridgehead atoms. The average molecular weight is 767 g/mol. The summed E-state index contributed by atoms with van der Waals surface area (Å²) in [7, 11) is -4.64. The highest BCUT2D eigenvalue weighted by molar-refractivity contribution is 7.45. The van der Waals surface area contributed by atoms with Crippen LogP contribution in [0.1, 0.15) is 156 Å². The van der Waals surface area contributed by atoms with E-state index in [4.69, 9.17) is 38.5 Å². The molecule has 0 aromatic rings. The summed E-state index contributed by atoms with van der Waals surface area (Å²) in [5, 5.41) is 25.6. The van der Waals surface area contributed by atoms with E-state index in [1.165, 1.54) is 103 Å². The minimum atomic E-state index is -4.64. The molecule has 0 aliphatic rings. The average Bonchev–Trinajstić information content (AvgIpc) is 3.10. The minimum Gasteiger partial charge on any atom is -0.499 e. The first kappa shape index (κ1) is 54.1. The van der Waals surface area contributed by atoms with Crippen molar-refractivity contribution < 1.29 is 78.5 Å². The molecule has 0 saturated heterocycles. The Balaban J connectivity index is -0.000000796. The molecule has 17 heteroatoms. The monoisotopic (exact) mass is 766 g/mol. The molecule has 0 aromatic heterocycles. The third-order valence-corrected chi connectivity index (χ3v) is 6.50. The van der Waals surface area contributed by atoms with Crippen LogP contribution in [-0.2, 0) is 63.8 Å². The van der Waals surface area contributed by atoms with Gasteiger partial charge >= 0.3 is 7.82 Å². The van der Waals surface area contributed by atoms with Gasteiger partial charge in [0.2, 0.25) is 0 Å². The van der Waals surface area contributed by atoms with Crippen molar-refractivity contribution in [3.05, 3.63) is 24.7 Å². The first-order valence-electron chi connectivity index (χ1n) is 18.6. The molecular weight excluding hydrogens is 695 g/mol. The lowest BCUT2D eigenvalue weighted by molar-refractivity contribution is -0.708. The Bertz CT molecular complexity index is 656. The molecular formula is C34H71O16P. The largest absolute Gasteiger partial charge is 0.499 e. The molecule has 0 amide bonds. The summed E-state index contributed by atoms with van der Waals surface area (Å²) in [6, 6.07) is 0. The van der Waals surface area contributed by atoms with E-state index >= 15 is 0 Å². The molecule has 308 valence electrons. The topological polar surface area (TPSA) is 189 Å². The van der Waals surface area contributed by atoms with E-state index in [2.05, 4.69) is 53.9 Å². The highest BCUT2D eigenvalue weighted by atomic mass is 31.2. The highest BCUT2D eigenvalue weighted by Gasteiger charge is 2.00. The molecule has 16 nitrogen and oxygen atoms in total. The van der Waals surface area contributed by atoms with Gasteiger partial charge in [0.1, 0.15) is 26.4 Å². The van der Waals surface area contributed by atoms with Crippen molar-refractivity contribution >= 4 is 7.82 Å². The maximum absolute atomic E-state index is 8.88. The lowest BCUT2D eigenvalue weighted by Crippen LogP contribution is -2.05. The summed E-state index contributed by atoms with van der Waals surface area (Å²) in [4.78, 5) is 40.3. The lowest BCUT2D eigenvalue weighted by Gasteiger charge is -2.03. The van der Waals surface area contributed by atoms with E-state index in [9.17, 15) is 0 Å². The SMILES string of the molecule is CC=COCCOOOOOCCCCCCCCCCCC.CC=COCCOOOOOCCCCCCCCCCCC.O=P(O)(O)O. The van der Waals surface area contributed by atoms with Crippen LogP contribution in [-0.4, -0.2) is 54.3 Å². The van der Waals surface area contributed by atoms with E-state index in [0.717, 1.165) is 25.7 Å². The van der Waals surface area contributed by atoms with Crippen LogP contribution in [0.15, 0.2) is 24.7 Å². The Kier molecular flexibility index (Phi) is 54.0. The normalized spacial score (nSPS) is 11.4. The zero-order valence-corrected chi connectivity index (χ0v) is 32.7. The van der Waals surface area contributed by atoms with Crippen molar-refractivity contribution in [1.29, 1.82) is 0 Å². The molecule has 0 atom stereocenters. The number of phosphoric acid groups is 1. The summed E-state index contributed by atoms with van der Waals surface area (Å²) in [6.45, 7) is 10.4. The minimum absolute atomic E-state index is 0.228. The van der Waals surface area contributed by atoms with Gasteiger partial charge in [-0.1, -0.05) is 142 Å². The van der Waals surface area contributed by atoms with Gasteiger partial charge in [-0.05, 0) is 56.9 Å². The van der Waals surface area contributed by atoms with Crippen molar-refractivity contribution in [3.63, 3.8) is 0 Å². The van der Waals surface area contributed by atoms with Crippen LogP contribution < -0.4 is 0 Å². The summed E-state index contributed by atoms with van der Waals surface area (Å²) in [5.41, 5.74) is 0. The van der Waals surface area contributed by atoms with Gasteiger partial charge in [0.15, 0.2) is 0 Å². The molecule has 0 aliphatic heterocycles. The first-order valence-corrected chi connectivity index (χ1v) is 20.1. The molecule has 51 heavy (non-hydrogen) atoms. The van der Waals surface area contributed by atoms with Gasteiger partial charge in [-0.3, -0.25) is 0 Å². The van der Waals surface area contributed by atoms with Crippen molar-refractivity contribution in [2.24, 2.45) is 0 Å². The third-order valence-electron chi connectivity index (χ3n) is 6.50.